The number of hydroxylamine groups is 1. The van der Waals surface area contributed by atoms with Gasteiger partial charge in [0.25, 0.3) is 5.91 Å². The lowest BCUT2D eigenvalue weighted by molar-refractivity contribution is -0.129. The number of aliphatic hydroxyl groups is 1. The zero-order valence-electron chi connectivity index (χ0n) is 13.6. The molecule has 0 heterocycles. The molecule has 3 rings (SSSR count). The number of amides is 1. The molecule has 0 saturated heterocycles. The fraction of sp³-hybridized carbons (Fsp3) is 0.0952. The Labute approximate surface area is 146 Å². The van der Waals surface area contributed by atoms with Crippen molar-refractivity contribution < 1.29 is 15.1 Å². The second kappa shape index (κ2) is 7.75. The molecule has 3 aromatic carbocycles. The molecule has 3 N–H and O–H groups in total. The zero-order chi connectivity index (χ0) is 17.6. The maximum absolute atomic E-state index is 12.3. The van der Waals surface area contributed by atoms with E-state index in [-0.39, 0.29) is 6.61 Å². The van der Waals surface area contributed by atoms with E-state index >= 15 is 0 Å². The summed E-state index contributed by atoms with van der Waals surface area (Å²) in [5, 5.41) is 18.5. The SMILES string of the molecule is O=C(NO)C(c1ccccc1)c1cccc(-c2cccc(CO)c2)c1. The molecule has 0 aliphatic heterocycles. The van der Waals surface area contributed by atoms with Crippen LogP contribution in [0.2, 0.25) is 0 Å². The predicted molar refractivity (Wildman–Crippen MR) is 96.0 cm³/mol. The molecule has 1 atom stereocenters. The molecule has 126 valence electrons. The Bertz CT molecular complexity index is 862. The Morgan fingerprint density at radius 2 is 1.48 bits per heavy atom. The molecule has 1 unspecified atom stereocenters. The number of hydrogen-bond acceptors (Lipinski definition) is 3. The van der Waals surface area contributed by atoms with E-state index in [2.05, 4.69) is 0 Å². The molecule has 25 heavy (non-hydrogen) atoms. The van der Waals surface area contributed by atoms with Gasteiger partial charge in [0.15, 0.2) is 0 Å². The number of nitrogens with one attached hydrogen (secondary N) is 1. The number of carbonyl (C=O) groups is 1. The summed E-state index contributed by atoms with van der Waals surface area (Å²) < 4.78 is 0. The van der Waals surface area contributed by atoms with E-state index in [0.29, 0.717) is 0 Å². The van der Waals surface area contributed by atoms with Gasteiger partial charge in [-0.25, -0.2) is 5.48 Å². The van der Waals surface area contributed by atoms with Gasteiger partial charge in [-0.3, -0.25) is 10.0 Å². The van der Waals surface area contributed by atoms with Crippen LogP contribution in [0.1, 0.15) is 22.6 Å². The van der Waals surface area contributed by atoms with Gasteiger partial charge in [0.05, 0.1) is 12.5 Å². The van der Waals surface area contributed by atoms with Crippen molar-refractivity contribution in [2.45, 2.75) is 12.5 Å². The number of aliphatic hydroxyl groups excluding tert-OH is 1. The summed E-state index contributed by atoms with van der Waals surface area (Å²) in [6, 6.07) is 24.6. The Morgan fingerprint density at radius 3 is 2.16 bits per heavy atom. The summed E-state index contributed by atoms with van der Waals surface area (Å²) in [5.41, 5.74) is 6.09. The van der Waals surface area contributed by atoms with Crippen molar-refractivity contribution in [1.82, 2.24) is 5.48 Å². The highest BCUT2D eigenvalue weighted by molar-refractivity contribution is 5.86. The third kappa shape index (κ3) is 3.76. The monoisotopic (exact) mass is 333 g/mol. The van der Waals surface area contributed by atoms with Gasteiger partial charge >= 0.3 is 0 Å². The molecule has 0 spiro atoms. The lowest BCUT2D eigenvalue weighted by Gasteiger charge is -2.17. The lowest BCUT2D eigenvalue weighted by atomic mass is 9.88. The molecule has 1 amide bonds. The van der Waals surface area contributed by atoms with Gasteiger partial charge in [-0.05, 0) is 33.9 Å². The Hall–Kier alpha value is -2.95. The van der Waals surface area contributed by atoms with E-state index in [9.17, 15) is 9.90 Å². The van der Waals surface area contributed by atoms with Crippen LogP contribution in [0.15, 0.2) is 78.9 Å². The highest BCUT2D eigenvalue weighted by Crippen LogP contribution is 2.29. The van der Waals surface area contributed by atoms with Crippen molar-refractivity contribution in [3.8, 4) is 11.1 Å². The maximum atomic E-state index is 12.3. The largest absolute Gasteiger partial charge is 0.392 e. The first-order valence-corrected chi connectivity index (χ1v) is 8.02. The van der Waals surface area contributed by atoms with Crippen LogP contribution in [0, 0.1) is 0 Å². The van der Waals surface area contributed by atoms with E-state index in [1.165, 1.54) is 0 Å². The first kappa shape index (κ1) is 16.9. The average Bonchev–Trinajstić information content (AvgIpc) is 2.69. The molecular weight excluding hydrogens is 314 g/mol. The summed E-state index contributed by atoms with van der Waals surface area (Å²) in [4.78, 5) is 12.3. The number of rotatable bonds is 5. The molecule has 3 aromatic rings. The van der Waals surface area contributed by atoms with Crippen molar-refractivity contribution in [2.75, 3.05) is 0 Å². The minimum Gasteiger partial charge on any atom is -0.392 e. The van der Waals surface area contributed by atoms with E-state index in [4.69, 9.17) is 5.21 Å². The minimum atomic E-state index is -0.604. The molecule has 0 radical (unpaired) electrons. The van der Waals surface area contributed by atoms with E-state index < -0.39 is 11.8 Å². The van der Waals surface area contributed by atoms with Crippen LogP contribution < -0.4 is 5.48 Å². The number of hydrogen-bond donors (Lipinski definition) is 3. The molecule has 0 aliphatic rings. The molecule has 0 aliphatic carbocycles. The molecule has 4 heteroatoms. The van der Waals surface area contributed by atoms with Crippen molar-refractivity contribution in [2.24, 2.45) is 0 Å². The highest BCUT2D eigenvalue weighted by atomic mass is 16.5. The van der Waals surface area contributed by atoms with Gasteiger partial charge in [0.1, 0.15) is 0 Å². The van der Waals surface area contributed by atoms with Crippen LogP contribution in [-0.4, -0.2) is 16.2 Å². The van der Waals surface area contributed by atoms with E-state index in [1.54, 1.807) is 5.48 Å². The van der Waals surface area contributed by atoms with Gasteiger partial charge in [0, 0.05) is 0 Å². The number of carbonyl (C=O) groups excluding carboxylic acids is 1. The topological polar surface area (TPSA) is 69.6 Å². The molecular formula is C21H19NO3. The maximum Gasteiger partial charge on any atom is 0.255 e. The summed E-state index contributed by atoms with van der Waals surface area (Å²) in [6.07, 6.45) is 0. The first-order chi connectivity index (χ1) is 12.2. The summed E-state index contributed by atoms with van der Waals surface area (Å²) in [6.45, 7) is -0.0207. The average molecular weight is 333 g/mol. The summed E-state index contributed by atoms with van der Waals surface area (Å²) in [5.74, 6) is -1.08. The third-order valence-corrected chi connectivity index (χ3v) is 4.17. The molecule has 0 bridgehead atoms. The predicted octanol–water partition coefficient (Wildman–Crippen LogP) is 3.48. The van der Waals surface area contributed by atoms with Crippen LogP contribution in [0.3, 0.4) is 0 Å². The normalized spacial score (nSPS) is 11.8. The molecule has 0 saturated carbocycles. The first-order valence-electron chi connectivity index (χ1n) is 8.02. The second-order valence-corrected chi connectivity index (χ2v) is 5.80. The van der Waals surface area contributed by atoms with Crippen LogP contribution in [0.4, 0.5) is 0 Å². The fourth-order valence-electron chi connectivity index (χ4n) is 2.95. The minimum absolute atomic E-state index is 0.0207. The van der Waals surface area contributed by atoms with Crippen molar-refractivity contribution in [1.29, 1.82) is 0 Å². The number of benzene rings is 3. The van der Waals surface area contributed by atoms with Crippen molar-refractivity contribution >= 4 is 5.91 Å². The lowest BCUT2D eigenvalue weighted by Crippen LogP contribution is -2.27. The molecule has 0 aromatic heterocycles. The van der Waals surface area contributed by atoms with Gasteiger partial charge in [0.2, 0.25) is 0 Å². The smallest absolute Gasteiger partial charge is 0.255 e. The molecule has 4 nitrogen and oxygen atoms in total. The molecule has 0 fully saturated rings. The van der Waals surface area contributed by atoms with Crippen LogP contribution in [-0.2, 0) is 11.4 Å². The van der Waals surface area contributed by atoms with E-state index in [1.807, 2.05) is 78.9 Å². The summed E-state index contributed by atoms with van der Waals surface area (Å²) >= 11 is 0. The Balaban J connectivity index is 2.05. The van der Waals surface area contributed by atoms with Gasteiger partial charge < -0.3 is 5.11 Å². The zero-order valence-corrected chi connectivity index (χ0v) is 13.6. The van der Waals surface area contributed by atoms with Gasteiger partial charge in [-0.2, -0.15) is 0 Å². The van der Waals surface area contributed by atoms with Crippen molar-refractivity contribution in [3.63, 3.8) is 0 Å². The second-order valence-electron chi connectivity index (χ2n) is 5.80. The van der Waals surface area contributed by atoms with Crippen LogP contribution in [0.5, 0.6) is 0 Å². The standard InChI is InChI=1S/C21H19NO3/c23-14-15-6-4-9-17(12-15)18-10-5-11-19(13-18)20(21(24)22-25)16-7-2-1-3-8-16/h1-13,20,23,25H,14H2,(H,22,24). The quantitative estimate of drug-likeness (QED) is 0.494. The third-order valence-electron chi connectivity index (χ3n) is 4.17. The van der Waals surface area contributed by atoms with Crippen LogP contribution >= 0.6 is 0 Å². The Morgan fingerprint density at radius 1 is 0.840 bits per heavy atom. The van der Waals surface area contributed by atoms with Gasteiger partial charge in [-0.1, -0.05) is 72.8 Å². The summed E-state index contributed by atoms with van der Waals surface area (Å²) in [7, 11) is 0. The highest BCUT2D eigenvalue weighted by Gasteiger charge is 2.22. The Kier molecular flexibility index (Phi) is 5.23. The van der Waals surface area contributed by atoms with Gasteiger partial charge in [-0.15, -0.1) is 0 Å². The van der Waals surface area contributed by atoms with E-state index in [0.717, 1.165) is 27.8 Å². The van der Waals surface area contributed by atoms with Crippen molar-refractivity contribution in [3.05, 3.63) is 95.6 Å². The van der Waals surface area contributed by atoms with Crippen LogP contribution in [0.25, 0.3) is 11.1 Å². The fourth-order valence-corrected chi connectivity index (χ4v) is 2.95.